The van der Waals surface area contributed by atoms with Gasteiger partial charge in [-0.25, -0.2) is 0 Å². The molecule has 2 saturated heterocycles. The summed E-state index contributed by atoms with van der Waals surface area (Å²) in [5.74, 6) is 0.911. The standard InChI is InChI=1S/C13H22N2O2/c1-15-7-5-11(13(15)16)14-10-3-2-4-12-9(10)6-8-17-12/h9-12,14H,2-8H2,1H3/t9-,10+,11-,12-/m0/s1. The molecule has 4 atom stereocenters. The van der Waals surface area contributed by atoms with E-state index < -0.39 is 0 Å². The first-order valence-electron chi connectivity index (χ1n) is 6.88. The molecule has 3 rings (SSSR count). The van der Waals surface area contributed by atoms with Gasteiger partial charge in [0.25, 0.3) is 0 Å². The molecule has 0 bridgehead atoms. The minimum absolute atomic E-state index is 0.0596. The van der Waals surface area contributed by atoms with Crippen LogP contribution < -0.4 is 5.32 Å². The highest BCUT2D eigenvalue weighted by Crippen LogP contribution is 2.34. The van der Waals surface area contributed by atoms with Gasteiger partial charge in [0, 0.05) is 32.2 Å². The number of hydrogen-bond acceptors (Lipinski definition) is 3. The van der Waals surface area contributed by atoms with Crippen molar-refractivity contribution in [1.29, 1.82) is 0 Å². The molecule has 1 N–H and O–H groups in total. The Kier molecular flexibility index (Phi) is 3.09. The molecule has 0 unspecified atom stereocenters. The number of carbonyl (C=O) groups is 1. The van der Waals surface area contributed by atoms with Gasteiger partial charge in [-0.2, -0.15) is 0 Å². The number of fused-ring (bicyclic) bond motifs is 1. The Morgan fingerprint density at radius 3 is 2.94 bits per heavy atom. The Morgan fingerprint density at radius 2 is 2.18 bits per heavy atom. The van der Waals surface area contributed by atoms with Crippen LogP contribution in [0.3, 0.4) is 0 Å². The van der Waals surface area contributed by atoms with E-state index in [-0.39, 0.29) is 11.9 Å². The number of rotatable bonds is 2. The third kappa shape index (κ3) is 2.08. The van der Waals surface area contributed by atoms with Crippen LogP contribution in [0.5, 0.6) is 0 Å². The van der Waals surface area contributed by atoms with Gasteiger partial charge < -0.3 is 15.0 Å². The van der Waals surface area contributed by atoms with E-state index in [0.717, 1.165) is 19.6 Å². The Bertz CT molecular complexity index is 308. The minimum atomic E-state index is 0.0596. The van der Waals surface area contributed by atoms with Crippen LogP contribution in [0, 0.1) is 5.92 Å². The van der Waals surface area contributed by atoms with Gasteiger partial charge in [-0.3, -0.25) is 4.79 Å². The van der Waals surface area contributed by atoms with Crippen LogP contribution in [0.15, 0.2) is 0 Å². The van der Waals surface area contributed by atoms with E-state index in [4.69, 9.17) is 4.74 Å². The monoisotopic (exact) mass is 238 g/mol. The molecule has 0 radical (unpaired) electrons. The SMILES string of the molecule is CN1CC[C@H](N[C@@H]2CCC[C@@H]3OCC[C@H]32)C1=O. The summed E-state index contributed by atoms with van der Waals surface area (Å²) in [4.78, 5) is 13.7. The number of likely N-dealkylation sites (tertiary alicyclic amines) is 1. The number of nitrogens with one attached hydrogen (secondary N) is 1. The number of amides is 1. The highest BCUT2D eigenvalue weighted by molar-refractivity contribution is 5.83. The lowest BCUT2D eigenvalue weighted by Crippen LogP contribution is -2.49. The molecule has 0 aromatic rings. The van der Waals surface area contributed by atoms with Gasteiger partial charge in [0.15, 0.2) is 0 Å². The molecule has 17 heavy (non-hydrogen) atoms. The van der Waals surface area contributed by atoms with Crippen LogP contribution >= 0.6 is 0 Å². The predicted octanol–water partition coefficient (Wildman–Crippen LogP) is 0.764. The van der Waals surface area contributed by atoms with Crippen molar-refractivity contribution in [2.75, 3.05) is 20.2 Å². The third-order valence-electron chi connectivity index (χ3n) is 4.62. The van der Waals surface area contributed by atoms with Crippen LogP contribution in [0.1, 0.15) is 32.1 Å². The number of nitrogens with zero attached hydrogens (tertiary/aromatic N) is 1. The van der Waals surface area contributed by atoms with Crippen molar-refractivity contribution in [2.24, 2.45) is 5.92 Å². The number of hydrogen-bond donors (Lipinski definition) is 1. The van der Waals surface area contributed by atoms with Crippen LogP contribution in [-0.2, 0) is 9.53 Å². The first-order valence-corrected chi connectivity index (χ1v) is 6.88. The lowest BCUT2D eigenvalue weighted by atomic mass is 9.81. The maximum atomic E-state index is 11.9. The molecule has 1 saturated carbocycles. The molecule has 4 heteroatoms. The number of ether oxygens (including phenoxy) is 1. The summed E-state index contributed by atoms with van der Waals surface area (Å²) in [5.41, 5.74) is 0. The van der Waals surface area contributed by atoms with Crippen molar-refractivity contribution in [1.82, 2.24) is 10.2 Å². The quantitative estimate of drug-likeness (QED) is 0.772. The number of likely N-dealkylation sites (N-methyl/N-ethyl adjacent to an activating group) is 1. The second-order valence-electron chi connectivity index (χ2n) is 5.67. The fourth-order valence-corrected chi connectivity index (χ4v) is 3.62. The largest absolute Gasteiger partial charge is 0.378 e. The van der Waals surface area contributed by atoms with Crippen molar-refractivity contribution in [3.8, 4) is 0 Å². The van der Waals surface area contributed by atoms with Gasteiger partial charge in [-0.15, -0.1) is 0 Å². The lowest BCUT2D eigenvalue weighted by Gasteiger charge is -2.34. The minimum Gasteiger partial charge on any atom is -0.378 e. The number of carbonyl (C=O) groups excluding carboxylic acids is 1. The molecule has 2 aliphatic heterocycles. The second kappa shape index (κ2) is 4.58. The van der Waals surface area contributed by atoms with Crippen molar-refractivity contribution in [3.05, 3.63) is 0 Å². The van der Waals surface area contributed by atoms with E-state index in [2.05, 4.69) is 5.32 Å². The highest BCUT2D eigenvalue weighted by Gasteiger charge is 2.40. The molecule has 1 aliphatic carbocycles. The first kappa shape index (κ1) is 11.5. The maximum Gasteiger partial charge on any atom is 0.239 e. The van der Waals surface area contributed by atoms with E-state index in [1.807, 2.05) is 11.9 Å². The molecule has 0 spiro atoms. The van der Waals surface area contributed by atoms with Gasteiger partial charge in [0.1, 0.15) is 0 Å². The highest BCUT2D eigenvalue weighted by atomic mass is 16.5. The molecule has 96 valence electrons. The second-order valence-corrected chi connectivity index (χ2v) is 5.67. The van der Waals surface area contributed by atoms with Gasteiger partial charge in [-0.1, -0.05) is 0 Å². The Morgan fingerprint density at radius 1 is 1.29 bits per heavy atom. The Hall–Kier alpha value is -0.610. The van der Waals surface area contributed by atoms with Crippen molar-refractivity contribution < 1.29 is 9.53 Å². The normalized spacial score (nSPS) is 41.9. The van der Waals surface area contributed by atoms with Gasteiger partial charge >= 0.3 is 0 Å². The summed E-state index contributed by atoms with van der Waals surface area (Å²) in [6.07, 6.45) is 6.23. The van der Waals surface area contributed by atoms with Crippen LogP contribution in [-0.4, -0.2) is 49.2 Å². The van der Waals surface area contributed by atoms with Crippen LogP contribution in [0.25, 0.3) is 0 Å². The van der Waals surface area contributed by atoms with Gasteiger partial charge in [0.2, 0.25) is 5.91 Å². The molecule has 4 nitrogen and oxygen atoms in total. The molecule has 3 aliphatic rings. The molecule has 2 heterocycles. The van der Waals surface area contributed by atoms with Crippen molar-refractivity contribution >= 4 is 5.91 Å². The molecule has 1 amide bonds. The summed E-state index contributed by atoms with van der Waals surface area (Å²) in [5, 5.41) is 3.60. The van der Waals surface area contributed by atoms with E-state index in [1.54, 1.807) is 0 Å². The van der Waals surface area contributed by atoms with E-state index in [1.165, 1.54) is 25.7 Å². The average molecular weight is 238 g/mol. The molecule has 0 aromatic carbocycles. The van der Waals surface area contributed by atoms with E-state index >= 15 is 0 Å². The Balaban J connectivity index is 1.62. The van der Waals surface area contributed by atoms with Gasteiger partial charge in [0.05, 0.1) is 12.1 Å². The summed E-state index contributed by atoms with van der Waals surface area (Å²) in [6, 6.07) is 0.557. The van der Waals surface area contributed by atoms with Crippen molar-refractivity contribution in [3.63, 3.8) is 0 Å². The van der Waals surface area contributed by atoms with Crippen LogP contribution in [0.2, 0.25) is 0 Å². The molecule has 3 fully saturated rings. The summed E-state index contributed by atoms with van der Waals surface area (Å²) in [6.45, 7) is 1.81. The molecule has 0 aromatic heterocycles. The first-order chi connectivity index (χ1) is 8.25. The molecular weight excluding hydrogens is 216 g/mol. The zero-order valence-electron chi connectivity index (χ0n) is 10.5. The fourth-order valence-electron chi connectivity index (χ4n) is 3.62. The zero-order valence-corrected chi connectivity index (χ0v) is 10.5. The Labute approximate surface area is 103 Å². The van der Waals surface area contributed by atoms with Gasteiger partial charge in [-0.05, 0) is 32.1 Å². The van der Waals surface area contributed by atoms with E-state index in [9.17, 15) is 4.79 Å². The lowest BCUT2D eigenvalue weighted by molar-refractivity contribution is -0.128. The van der Waals surface area contributed by atoms with Crippen LogP contribution in [0.4, 0.5) is 0 Å². The van der Waals surface area contributed by atoms with E-state index in [0.29, 0.717) is 18.1 Å². The maximum absolute atomic E-state index is 11.9. The van der Waals surface area contributed by atoms with Crippen molar-refractivity contribution in [2.45, 2.75) is 50.3 Å². The average Bonchev–Trinajstić information content (AvgIpc) is 2.91. The summed E-state index contributed by atoms with van der Waals surface area (Å²) < 4.78 is 5.76. The smallest absolute Gasteiger partial charge is 0.239 e. The fraction of sp³-hybridized carbons (Fsp3) is 0.923. The topological polar surface area (TPSA) is 41.6 Å². The molecular formula is C13H22N2O2. The summed E-state index contributed by atoms with van der Waals surface area (Å²) in [7, 11) is 1.90. The third-order valence-corrected chi connectivity index (χ3v) is 4.62. The zero-order chi connectivity index (χ0) is 11.8. The summed E-state index contributed by atoms with van der Waals surface area (Å²) >= 11 is 0. The predicted molar refractivity (Wildman–Crippen MR) is 64.7 cm³/mol.